The van der Waals surface area contributed by atoms with Crippen molar-refractivity contribution < 1.29 is 37.4 Å². The quantitative estimate of drug-likeness (QED) is 0.339. The lowest BCUT2D eigenvalue weighted by Crippen LogP contribution is -2.60. The molecule has 0 bridgehead atoms. The standard InChI is InChI=1S/C19H19ClF4N4O4/c20-10-5-11(21)13(26-15(29)7-14(19(22,23)24)28(25)18(26)32)6-12(10)27-16(30)8-3-1-2-4-9(8)17(27)31/h5-9,15,18,29,32H,1-4,25H2. The van der Waals surface area contributed by atoms with E-state index in [4.69, 9.17) is 17.4 Å². The summed E-state index contributed by atoms with van der Waals surface area (Å²) < 4.78 is 54.0. The molecular formula is C19H19ClF4N4O4. The molecule has 8 nitrogen and oxygen atoms in total. The number of nitrogens with two attached hydrogens (primary N) is 1. The topological polar surface area (TPSA) is 110 Å². The minimum absolute atomic E-state index is 0.0822. The van der Waals surface area contributed by atoms with Crippen molar-refractivity contribution >= 4 is 34.8 Å². The van der Waals surface area contributed by atoms with Crippen LogP contribution in [0.1, 0.15) is 25.7 Å². The fourth-order valence-corrected chi connectivity index (χ4v) is 4.74. The first-order chi connectivity index (χ1) is 14.9. The maximum atomic E-state index is 14.8. The van der Waals surface area contributed by atoms with Crippen LogP contribution < -0.4 is 15.6 Å². The molecule has 13 heteroatoms. The van der Waals surface area contributed by atoms with Gasteiger partial charge in [0.05, 0.1) is 28.2 Å². The lowest BCUT2D eigenvalue weighted by molar-refractivity contribution is -0.138. The maximum absolute atomic E-state index is 14.8. The van der Waals surface area contributed by atoms with Gasteiger partial charge in [-0.05, 0) is 31.1 Å². The molecule has 2 amide bonds. The predicted molar refractivity (Wildman–Crippen MR) is 104 cm³/mol. The number of benzene rings is 1. The van der Waals surface area contributed by atoms with Crippen molar-refractivity contribution in [2.24, 2.45) is 17.7 Å². The molecule has 2 fully saturated rings. The molecule has 2 aliphatic heterocycles. The van der Waals surface area contributed by atoms with Crippen LogP contribution in [-0.4, -0.2) is 45.8 Å². The van der Waals surface area contributed by atoms with Crippen LogP contribution in [0, 0.1) is 17.7 Å². The smallest absolute Gasteiger partial charge is 0.370 e. The molecule has 4 rings (SSSR count). The third kappa shape index (κ3) is 3.51. The molecule has 0 spiro atoms. The van der Waals surface area contributed by atoms with Crippen molar-refractivity contribution in [3.05, 3.63) is 34.7 Å². The Hall–Kier alpha value is -2.41. The van der Waals surface area contributed by atoms with Crippen LogP contribution in [0.2, 0.25) is 5.02 Å². The number of rotatable bonds is 2. The number of aliphatic hydroxyl groups is 2. The number of carbonyl (C=O) groups is 2. The third-order valence-corrected chi connectivity index (χ3v) is 6.34. The first kappa shape index (κ1) is 22.8. The zero-order chi connectivity index (χ0) is 23.5. The number of halogens is 5. The highest BCUT2D eigenvalue weighted by atomic mass is 35.5. The Morgan fingerprint density at radius 2 is 1.59 bits per heavy atom. The van der Waals surface area contributed by atoms with Crippen LogP contribution in [0.4, 0.5) is 28.9 Å². The van der Waals surface area contributed by atoms with E-state index in [1.165, 1.54) is 0 Å². The van der Waals surface area contributed by atoms with E-state index < -0.39 is 59.6 Å². The van der Waals surface area contributed by atoms with Crippen LogP contribution in [-0.2, 0) is 9.59 Å². The molecule has 1 aliphatic carbocycles. The monoisotopic (exact) mass is 478 g/mol. The number of nitrogens with zero attached hydrogens (tertiary/aromatic N) is 3. The van der Waals surface area contributed by atoms with Gasteiger partial charge < -0.3 is 10.2 Å². The Morgan fingerprint density at radius 3 is 2.12 bits per heavy atom. The molecule has 3 aliphatic rings. The largest absolute Gasteiger partial charge is 0.432 e. The van der Waals surface area contributed by atoms with Gasteiger partial charge in [0.1, 0.15) is 11.5 Å². The Labute approximate surface area is 184 Å². The summed E-state index contributed by atoms with van der Waals surface area (Å²) in [5, 5.41) is 20.2. The number of alkyl halides is 3. The molecule has 0 aromatic heterocycles. The summed E-state index contributed by atoms with van der Waals surface area (Å²) in [5.74, 6) is 2.17. The van der Waals surface area contributed by atoms with E-state index in [-0.39, 0.29) is 15.7 Å². The first-order valence-electron chi connectivity index (χ1n) is 9.77. The normalized spacial score (nSPS) is 28.9. The number of fused-ring (bicyclic) bond motifs is 1. The Bertz CT molecular complexity index is 980. The number of imide groups is 1. The summed E-state index contributed by atoms with van der Waals surface area (Å²) in [7, 11) is 0. The summed E-state index contributed by atoms with van der Waals surface area (Å²) in [4.78, 5) is 27.1. The highest BCUT2D eigenvalue weighted by Gasteiger charge is 2.50. The zero-order valence-corrected chi connectivity index (χ0v) is 17.1. The molecular weight excluding hydrogens is 460 g/mol. The molecule has 4 N–H and O–H groups in total. The van der Waals surface area contributed by atoms with Gasteiger partial charge >= 0.3 is 6.18 Å². The maximum Gasteiger partial charge on any atom is 0.432 e. The summed E-state index contributed by atoms with van der Waals surface area (Å²) in [6.07, 6.45) is -6.54. The molecule has 1 aromatic rings. The van der Waals surface area contributed by atoms with E-state index in [0.717, 1.165) is 29.9 Å². The van der Waals surface area contributed by atoms with Crippen molar-refractivity contribution in [1.29, 1.82) is 0 Å². The number of hydrogen-bond donors (Lipinski definition) is 3. The average molecular weight is 479 g/mol. The van der Waals surface area contributed by atoms with Gasteiger partial charge in [0, 0.05) is 0 Å². The number of amides is 2. The number of anilines is 2. The van der Waals surface area contributed by atoms with E-state index in [2.05, 4.69) is 0 Å². The second kappa shape index (κ2) is 7.87. The minimum atomic E-state index is -4.99. The van der Waals surface area contributed by atoms with Crippen LogP contribution in [0.5, 0.6) is 0 Å². The second-order valence-corrected chi connectivity index (χ2v) is 8.30. The van der Waals surface area contributed by atoms with Crippen LogP contribution in [0.25, 0.3) is 0 Å². The Morgan fingerprint density at radius 1 is 1.03 bits per heavy atom. The van der Waals surface area contributed by atoms with Gasteiger partial charge in [-0.2, -0.15) is 13.2 Å². The lowest BCUT2D eigenvalue weighted by atomic mass is 9.81. The number of hydrazine groups is 1. The molecule has 4 unspecified atom stereocenters. The third-order valence-electron chi connectivity index (χ3n) is 6.03. The van der Waals surface area contributed by atoms with Crippen LogP contribution in [0.15, 0.2) is 23.9 Å². The van der Waals surface area contributed by atoms with E-state index in [0.29, 0.717) is 23.8 Å². The molecule has 2 heterocycles. The number of hydrogen-bond acceptors (Lipinski definition) is 7. The molecule has 174 valence electrons. The van der Waals surface area contributed by atoms with Gasteiger partial charge in [0.2, 0.25) is 18.2 Å². The summed E-state index contributed by atoms with van der Waals surface area (Å²) in [6.45, 7) is 0. The van der Waals surface area contributed by atoms with Gasteiger partial charge in [-0.25, -0.2) is 15.1 Å². The van der Waals surface area contributed by atoms with Gasteiger partial charge in [0.15, 0.2) is 6.23 Å². The highest BCUT2D eigenvalue weighted by Crippen LogP contribution is 2.44. The predicted octanol–water partition coefficient (Wildman–Crippen LogP) is 2.19. The fourth-order valence-electron chi connectivity index (χ4n) is 4.51. The van der Waals surface area contributed by atoms with Gasteiger partial charge in [0.25, 0.3) is 0 Å². The number of carbonyl (C=O) groups excluding carboxylic acids is 2. The number of allylic oxidation sites excluding steroid dienone is 1. The van der Waals surface area contributed by atoms with Crippen LogP contribution in [0.3, 0.4) is 0 Å². The van der Waals surface area contributed by atoms with E-state index in [9.17, 15) is 37.4 Å². The van der Waals surface area contributed by atoms with Crippen molar-refractivity contribution in [2.75, 3.05) is 9.80 Å². The van der Waals surface area contributed by atoms with Crippen molar-refractivity contribution in [3.63, 3.8) is 0 Å². The van der Waals surface area contributed by atoms with Crippen LogP contribution >= 0.6 is 11.6 Å². The zero-order valence-electron chi connectivity index (χ0n) is 16.4. The van der Waals surface area contributed by atoms with Gasteiger partial charge in [-0.3, -0.25) is 19.5 Å². The Kier molecular flexibility index (Phi) is 5.60. The lowest BCUT2D eigenvalue weighted by Gasteiger charge is -2.43. The summed E-state index contributed by atoms with van der Waals surface area (Å²) in [5.41, 5.74) is -2.33. The molecule has 1 saturated carbocycles. The molecule has 4 atom stereocenters. The van der Waals surface area contributed by atoms with Crippen molar-refractivity contribution in [2.45, 2.75) is 44.4 Å². The Balaban J connectivity index is 1.76. The highest BCUT2D eigenvalue weighted by molar-refractivity contribution is 6.36. The van der Waals surface area contributed by atoms with Crippen molar-refractivity contribution in [3.8, 4) is 0 Å². The average Bonchev–Trinajstić information content (AvgIpc) is 2.96. The fraction of sp³-hybridized carbons (Fsp3) is 0.474. The van der Waals surface area contributed by atoms with Gasteiger partial charge in [-0.15, -0.1) is 0 Å². The molecule has 1 saturated heterocycles. The van der Waals surface area contributed by atoms with E-state index in [1.54, 1.807) is 0 Å². The number of aliphatic hydroxyl groups excluding tert-OH is 2. The SMILES string of the molecule is NN1C(C(F)(F)F)=CC(O)N(c2cc(N3C(=O)C4CCCCC4C3=O)c(Cl)cc2F)C1O. The minimum Gasteiger partial charge on any atom is -0.370 e. The van der Waals surface area contributed by atoms with E-state index >= 15 is 0 Å². The summed E-state index contributed by atoms with van der Waals surface area (Å²) in [6, 6.07) is 1.68. The molecule has 32 heavy (non-hydrogen) atoms. The second-order valence-electron chi connectivity index (χ2n) is 7.89. The molecule has 1 aromatic carbocycles. The summed E-state index contributed by atoms with van der Waals surface area (Å²) >= 11 is 6.11. The van der Waals surface area contributed by atoms with E-state index in [1.807, 2.05) is 0 Å². The first-order valence-corrected chi connectivity index (χ1v) is 10.2. The van der Waals surface area contributed by atoms with Crippen molar-refractivity contribution in [1.82, 2.24) is 5.01 Å². The van der Waals surface area contributed by atoms with Gasteiger partial charge in [-0.1, -0.05) is 24.4 Å². The molecule has 0 radical (unpaired) electrons.